The first-order valence-corrected chi connectivity index (χ1v) is 7.44. The standard InChI is InChI=1S/C17H14Cl2N2/c1-10-4-3-5-13-16(8-11(2)20-17(10)13)21-12-6-7-14(18)15(19)9-12/h3-9H,1-2H3,(H,20,21)/p+1. The molecule has 2 N–H and O–H groups in total. The molecule has 0 unspecified atom stereocenters. The molecule has 1 heterocycles. The van der Waals surface area contributed by atoms with E-state index >= 15 is 0 Å². The minimum absolute atomic E-state index is 0.543. The van der Waals surface area contributed by atoms with E-state index in [1.807, 2.05) is 19.1 Å². The van der Waals surface area contributed by atoms with Crippen molar-refractivity contribution in [2.24, 2.45) is 0 Å². The van der Waals surface area contributed by atoms with Gasteiger partial charge in [-0.1, -0.05) is 35.3 Å². The fraction of sp³-hybridized carbons (Fsp3) is 0.118. The summed E-state index contributed by atoms with van der Waals surface area (Å²) in [5.74, 6) is 0. The first kappa shape index (κ1) is 14.2. The van der Waals surface area contributed by atoms with Gasteiger partial charge in [0.1, 0.15) is 0 Å². The Morgan fingerprint density at radius 1 is 0.952 bits per heavy atom. The number of fused-ring (bicyclic) bond motifs is 1. The minimum atomic E-state index is 0.543. The van der Waals surface area contributed by atoms with Crippen molar-refractivity contribution >= 4 is 45.5 Å². The smallest absolute Gasteiger partial charge is 0.216 e. The van der Waals surface area contributed by atoms with Crippen molar-refractivity contribution in [3.8, 4) is 0 Å². The van der Waals surface area contributed by atoms with Crippen LogP contribution in [0, 0.1) is 13.8 Å². The van der Waals surface area contributed by atoms with E-state index < -0.39 is 0 Å². The molecular weight excluding hydrogens is 303 g/mol. The monoisotopic (exact) mass is 317 g/mol. The summed E-state index contributed by atoms with van der Waals surface area (Å²) in [5, 5.41) is 5.66. The number of anilines is 2. The lowest BCUT2D eigenvalue weighted by Gasteiger charge is -2.10. The van der Waals surface area contributed by atoms with Crippen molar-refractivity contribution < 1.29 is 4.98 Å². The molecule has 0 saturated heterocycles. The van der Waals surface area contributed by atoms with E-state index in [0.29, 0.717) is 10.0 Å². The van der Waals surface area contributed by atoms with Gasteiger partial charge in [-0.25, -0.2) is 4.98 Å². The highest BCUT2D eigenvalue weighted by Gasteiger charge is 2.11. The van der Waals surface area contributed by atoms with E-state index in [-0.39, 0.29) is 0 Å². The van der Waals surface area contributed by atoms with Crippen LogP contribution in [0.25, 0.3) is 10.9 Å². The Hall–Kier alpha value is -1.77. The molecule has 2 aromatic carbocycles. The summed E-state index contributed by atoms with van der Waals surface area (Å²) >= 11 is 12.0. The van der Waals surface area contributed by atoms with E-state index in [0.717, 1.165) is 28.0 Å². The SMILES string of the molecule is Cc1cc(Nc2ccc(Cl)c(Cl)c2)c2cccc(C)c2[nH+]1. The Bertz CT molecular complexity index is 828. The van der Waals surface area contributed by atoms with Crippen LogP contribution in [0.5, 0.6) is 0 Å². The maximum absolute atomic E-state index is 6.08. The van der Waals surface area contributed by atoms with Gasteiger partial charge in [0, 0.05) is 24.2 Å². The number of hydrogen-bond acceptors (Lipinski definition) is 1. The van der Waals surface area contributed by atoms with Crippen LogP contribution in [0.3, 0.4) is 0 Å². The van der Waals surface area contributed by atoms with E-state index in [1.165, 1.54) is 5.56 Å². The molecule has 0 saturated carbocycles. The molecule has 0 aliphatic rings. The minimum Gasteiger partial charge on any atom is -0.355 e. The zero-order valence-corrected chi connectivity index (χ0v) is 13.3. The zero-order chi connectivity index (χ0) is 15.0. The summed E-state index contributed by atoms with van der Waals surface area (Å²) in [6.45, 7) is 4.15. The molecule has 0 fully saturated rings. The van der Waals surface area contributed by atoms with Crippen molar-refractivity contribution in [3.63, 3.8) is 0 Å². The number of rotatable bonds is 2. The summed E-state index contributed by atoms with van der Waals surface area (Å²) in [6, 6.07) is 13.9. The lowest BCUT2D eigenvalue weighted by molar-refractivity contribution is -0.354. The van der Waals surface area contributed by atoms with Gasteiger partial charge in [-0.15, -0.1) is 0 Å². The number of aromatic amines is 1. The number of halogens is 2. The number of pyridine rings is 1. The fourth-order valence-electron chi connectivity index (χ4n) is 2.42. The van der Waals surface area contributed by atoms with Gasteiger partial charge in [0.2, 0.25) is 5.52 Å². The van der Waals surface area contributed by atoms with E-state index in [2.05, 4.69) is 41.5 Å². The van der Waals surface area contributed by atoms with Gasteiger partial charge in [-0.2, -0.15) is 0 Å². The number of benzene rings is 2. The van der Waals surface area contributed by atoms with Crippen LogP contribution in [0.2, 0.25) is 10.0 Å². The predicted octanol–water partition coefficient (Wildman–Crippen LogP) is 5.32. The van der Waals surface area contributed by atoms with Gasteiger partial charge in [0.05, 0.1) is 21.1 Å². The third-order valence-electron chi connectivity index (χ3n) is 3.44. The normalized spacial score (nSPS) is 10.9. The first-order valence-electron chi connectivity index (χ1n) is 6.69. The summed E-state index contributed by atoms with van der Waals surface area (Å²) in [5.41, 5.74) is 5.41. The number of para-hydroxylation sites is 1. The van der Waals surface area contributed by atoms with Crippen molar-refractivity contribution in [1.29, 1.82) is 0 Å². The Kier molecular flexibility index (Phi) is 3.75. The molecule has 2 nitrogen and oxygen atoms in total. The third kappa shape index (κ3) is 2.82. The van der Waals surface area contributed by atoms with Crippen LogP contribution in [-0.4, -0.2) is 0 Å². The molecule has 3 aromatic rings. The highest BCUT2D eigenvalue weighted by Crippen LogP contribution is 2.30. The van der Waals surface area contributed by atoms with Crippen LogP contribution in [-0.2, 0) is 0 Å². The maximum atomic E-state index is 6.08. The van der Waals surface area contributed by atoms with Crippen LogP contribution >= 0.6 is 23.2 Å². The Morgan fingerprint density at radius 3 is 2.52 bits per heavy atom. The summed E-state index contributed by atoms with van der Waals surface area (Å²) < 4.78 is 0. The van der Waals surface area contributed by atoms with Crippen LogP contribution in [0.1, 0.15) is 11.3 Å². The summed E-state index contributed by atoms with van der Waals surface area (Å²) in [7, 11) is 0. The zero-order valence-electron chi connectivity index (χ0n) is 11.8. The molecule has 21 heavy (non-hydrogen) atoms. The topological polar surface area (TPSA) is 26.2 Å². The Balaban J connectivity index is 2.11. The van der Waals surface area contributed by atoms with Crippen molar-refractivity contribution in [1.82, 2.24) is 0 Å². The number of H-pyrrole nitrogens is 1. The number of aryl methyl sites for hydroxylation is 2. The van der Waals surface area contributed by atoms with Gasteiger partial charge < -0.3 is 5.32 Å². The average Bonchev–Trinajstić information content (AvgIpc) is 2.44. The molecule has 1 aromatic heterocycles. The van der Waals surface area contributed by atoms with Crippen molar-refractivity contribution in [2.75, 3.05) is 5.32 Å². The molecule has 106 valence electrons. The van der Waals surface area contributed by atoms with Crippen LogP contribution in [0.4, 0.5) is 11.4 Å². The largest absolute Gasteiger partial charge is 0.355 e. The molecule has 0 bridgehead atoms. The maximum Gasteiger partial charge on any atom is 0.216 e. The quantitative estimate of drug-likeness (QED) is 0.680. The lowest BCUT2D eigenvalue weighted by Crippen LogP contribution is -2.11. The Morgan fingerprint density at radius 2 is 1.76 bits per heavy atom. The molecule has 0 spiro atoms. The molecule has 3 rings (SSSR count). The molecule has 4 heteroatoms. The van der Waals surface area contributed by atoms with Gasteiger partial charge in [-0.05, 0) is 31.2 Å². The van der Waals surface area contributed by atoms with Crippen molar-refractivity contribution in [3.05, 3.63) is 63.8 Å². The molecular formula is C17H15Cl2N2+. The molecule has 0 aliphatic carbocycles. The highest BCUT2D eigenvalue weighted by atomic mass is 35.5. The van der Waals surface area contributed by atoms with Gasteiger partial charge >= 0.3 is 0 Å². The van der Waals surface area contributed by atoms with Crippen molar-refractivity contribution in [2.45, 2.75) is 13.8 Å². The number of nitrogens with one attached hydrogen (secondary N) is 2. The van der Waals surface area contributed by atoms with E-state index in [4.69, 9.17) is 23.2 Å². The molecule has 0 atom stereocenters. The van der Waals surface area contributed by atoms with Gasteiger partial charge in [0.25, 0.3) is 0 Å². The second-order valence-corrected chi connectivity index (χ2v) is 5.93. The molecule has 0 aliphatic heterocycles. The lowest BCUT2D eigenvalue weighted by atomic mass is 10.1. The van der Waals surface area contributed by atoms with Gasteiger partial charge in [0.15, 0.2) is 5.69 Å². The average molecular weight is 318 g/mol. The van der Waals surface area contributed by atoms with Crippen LogP contribution < -0.4 is 10.3 Å². The molecule has 0 amide bonds. The molecule has 0 radical (unpaired) electrons. The fourth-order valence-corrected chi connectivity index (χ4v) is 2.72. The van der Waals surface area contributed by atoms with E-state index in [9.17, 15) is 0 Å². The van der Waals surface area contributed by atoms with Crippen LogP contribution in [0.15, 0.2) is 42.5 Å². The Labute approximate surface area is 133 Å². The van der Waals surface area contributed by atoms with E-state index in [1.54, 1.807) is 6.07 Å². The number of hydrogen-bond donors (Lipinski definition) is 1. The third-order valence-corrected chi connectivity index (χ3v) is 4.18. The number of aromatic nitrogens is 1. The second-order valence-electron chi connectivity index (χ2n) is 5.12. The first-order chi connectivity index (χ1) is 10.0. The van der Waals surface area contributed by atoms with Gasteiger partial charge in [-0.3, -0.25) is 0 Å². The highest BCUT2D eigenvalue weighted by molar-refractivity contribution is 6.42. The summed E-state index contributed by atoms with van der Waals surface area (Å²) in [4.78, 5) is 3.42. The predicted molar refractivity (Wildman–Crippen MR) is 89.7 cm³/mol. The summed E-state index contributed by atoms with van der Waals surface area (Å²) in [6.07, 6.45) is 0. The second kappa shape index (κ2) is 5.55.